The predicted molar refractivity (Wildman–Crippen MR) is 79.5 cm³/mol. The van der Waals surface area contributed by atoms with Gasteiger partial charge in [-0.1, -0.05) is 26.7 Å². The van der Waals surface area contributed by atoms with Gasteiger partial charge in [0.15, 0.2) is 0 Å². The van der Waals surface area contributed by atoms with Crippen LogP contribution in [0.1, 0.15) is 51.3 Å². The molecule has 0 bridgehead atoms. The smallest absolute Gasteiger partial charge is 0.318 e. The average Bonchev–Trinajstić information content (AvgIpc) is 3.06. The van der Waals surface area contributed by atoms with E-state index in [-0.39, 0.29) is 12.1 Å². The number of fused-ring (bicyclic) bond motifs is 1. The fourth-order valence-electron chi connectivity index (χ4n) is 3.67. The third-order valence-electron chi connectivity index (χ3n) is 4.66. The molecule has 1 unspecified atom stereocenters. The zero-order chi connectivity index (χ0) is 14.1. The molecule has 2 heterocycles. The second-order valence-corrected chi connectivity index (χ2v) is 6.44. The van der Waals surface area contributed by atoms with Gasteiger partial charge in [0.1, 0.15) is 0 Å². The minimum atomic E-state index is 0.128. The normalized spacial score (nSPS) is 23.1. The molecule has 0 spiro atoms. The van der Waals surface area contributed by atoms with E-state index >= 15 is 0 Å². The maximum atomic E-state index is 12.6. The molecule has 2 amide bonds. The van der Waals surface area contributed by atoms with Crippen LogP contribution in [-0.4, -0.2) is 28.1 Å². The van der Waals surface area contributed by atoms with Gasteiger partial charge in [0.2, 0.25) is 0 Å². The van der Waals surface area contributed by atoms with E-state index in [9.17, 15) is 4.79 Å². The highest BCUT2D eigenvalue weighted by Crippen LogP contribution is 2.32. The standard InChI is InChI=1S/C16H25N3O/c1-12(2)15-14-8-5-9-18(14)10-11-19(15)16(20)17-13-6-3-4-7-13/h5,8-9,12-13,15H,3-4,6-7,10-11H2,1-2H3,(H,17,20). The number of amides is 2. The third-order valence-corrected chi connectivity index (χ3v) is 4.66. The summed E-state index contributed by atoms with van der Waals surface area (Å²) < 4.78 is 2.28. The first-order valence-corrected chi connectivity index (χ1v) is 7.89. The Morgan fingerprint density at radius 3 is 2.75 bits per heavy atom. The lowest BCUT2D eigenvalue weighted by Crippen LogP contribution is -2.50. The van der Waals surface area contributed by atoms with Crippen LogP contribution in [0.15, 0.2) is 18.3 Å². The van der Waals surface area contributed by atoms with Crippen molar-refractivity contribution in [3.63, 3.8) is 0 Å². The molecule has 0 aromatic carbocycles. The molecule has 0 radical (unpaired) electrons. The summed E-state index contributed by atoms with van der Waals surface area (Å²) in [4.78, 5) is 14.6. The summed E-state index contributed by atoms with van der Waals surface area (Å²) in [5, 5.41) is 3.23. The lowest BCUT2D eigenvalue weighted by atomic mass is 9.97. The van der Waals surface area contributed by atoms with Gasteiger partial charge < -0.3 is 14.8 Å². The largest absolute Gasteiger partial charge is 0.348 e. The fraction of sp³-hybridized carbons (Fsp3) is 0.688. The zero-order valence-corrected chi connectivity index (χ0v) is 12.5. The molecule has 2 aliphatic rings. The van der Waals surface area contributed by atoms with Crippen molar-refractivity contribution in [2.75, 3.05) is 6.54 Å². The highest BCUT2D eigenvalue weighted by atomic mass is 16.2. The van der Waals surface area contributed by atoms with Gasteiger partial charge in [-0.05, 0) is 30.9 Å². The molecule has 1 saturated carbocycles. The van der Waals surface area contributed by atoms with Crippen LogP contribution in [0.25, 0.3) is 0 Å². The Balaban J connectivity index is 1.76. The van der Waals surface area contributed by atoms with Crippen LogP contribution in [0.3, 0.4) is 0 Å². The van der Waals surface area contributed by atoms with Gasteiger partial charge in [0.25, 0.3) is 0 Å². The second kappa shape index (κ2) is 5.51. The average molecular weight is 275 g/mol. The second-order valence-electron chi connectivity index (χ2n) is 6.44. The van der Waals surface area contributed by atoms with E-state index in [1.54, 1.807) is 0 Å². The Hall–Kier alpha value is -1.45. The highest BCUT2D eigenvalue weighted by molar-refractivity contribution is 5.75. The van der Waals surface area contributed by atoms with Crippen molar-refractivity contribution in [3.8, 4) is 0 Å². The Bertz CT molecular complexity index is 474. The molecule has 0 saturated heterocycles. The molecule has 1 fully saturated rings. The first-order valence-electron chi connectivity index (χ1n) is 7.89. The van der Waals surface area contributed by atoms with Gasteiger partial charge in [0, 0.05) is 31.0 Å². The van der Waals surface area contributed by atoms with E-state index in [1.807, 2.05) is 4.90 Å². The van der Waals surface area contributed by atoms with E-state index in [0.29, 0.717) is 12.0 Å². The van der Waals surface area contributed by atoms with E-state index in [2.05, 4.69) is 42.1 Å². The van der Waals surface area contributed by atoms with E-state index in [0.717, 1.165) is 25.9 Å². The summed E-state index contributed by atoms with van der Waals surface area (Å²) >= 11 is 0. The Morgan fingerprint density at radius 2 is 2.05 bits per heavy atom. The fourth-order valence-corrected chi connectivity index (χ4v) is 3.67. The van der Waals surface area contributed by atoms with Crippen molar-refractivity contribution in [2.45, 2.75) is 58.2 Å². The minimum absolute atomic E-state index is 0.128. The predicted octanol–water partition coefficient (Wildman–Crippen LogP) is 3.15. The van der Waals surface area contributed by atoms with Crippen LogP contribution < -0.4 is 5.32 Å². The van der Waals surface area contributed by atoms with Gasteiger partial charge in [-0.2, -0.15) is 0 Å². The maximum absolute atomic E-state index is 12.6. The number of carbonyl (C=O) groups excluding carboxylic acids is 1. The van der Waals surface area contributed by atoms with Gasteiger partial charge in [-0.3, -0.25) is 0 Å². The summed E-state index contributed by atoms with van der Waals surface area (Å²) in [5.74, 6) is 0.429. The highest BCUT2D eigenvalue weighted by Gasteiger charge is 2.33. The van der Waals surface area contributed by atoms with Crippen LogP contribution in [0.2, 0.25) is 0 Å². The molecule has 1 aliphatic heterocycles. The van der Waals surface area contributed by atoms with Crippen LogP contribution in [0.4, 0.5) is 4.79 Å². The van der Waals surface area contributed by atoms with Gasteiger partial charge in [-0.25, -0.2) is 4.79 Å². The molecule has 1 N–H and O–H groups in total. The summed E-state index contributed by atoms with van der Waals surface area (Å²) in [6.07, 6.45) is 6.91. The summed E-state index contributed by atoms with van der Waals surface area (Å²) in [6, 6.07) is 4.95. The molecule has 20 heavy (non-hydrogen) atoms. The summed E-state index contributed by atoms with van der Waals surface area (Å²) in [7, 11) is 0. The topological polar surface area (TPSA) is 37.3 Å². The van der Waals surface area contributed by atoms with Crippen molar-refractivity contribution in [1.29, 1.82) is 0 Å². The quantitative estimate of drug-likeness (QED) is 0.884. The van der Waals surface area contributed by atoms with E-state index in [4.69, 9.17) is 0 Å². The van der Waals surface area contributed by atoms with Crippen molar-refractivity contribution < 1.29 is 4.79 Å². The van der Waals surface area contributed by atoms with Crippen molar-refractivity contribution >= 4 is 6.03 Å². The molecular formula is C16H25N3O. The van der Waals surface area contributed by atoms with Crippen molar-refractivity contribution in [3.05, 3.63) is 24.0 Å². The lowest BCUT2D eigenvalue weighted by molar-refractivity contribution is 0.130. The molecule has 1 aromatic heterocycles. The Kier molecular flexibility index (Phi) is 3.72. The molecule has 1 aromatic rings. The molecule has 1 aliphatic carbocycles. The number of nitrogens with zero attached hydrogens (tertiary/aromatic N) is 2. The van der Waals surface area contributed by atoms with Crippen molar-refractivity contribution in [1.82, 2.24) is 14.8 Å². The number of nitrogens with one attached hydrogen (secondary N) is 1. The van der Waals surface area contributed by atoms with Crippen molar-refractivity contribution in [2.24, 2.45) is 5.92 Å². The van der Waals surface area contributed by atoms with Gasteiger partial charge in [0.05, 0.1) is 6.04 Å². The van der Waals surface area contributed by atoms with E-state index in [1.165, 1.54) is 18.5 Å². The van der Waals surface area contributed by atoms with Gasteiger partial charge >= 0.3 is 6.03 Å². The number of urea groups is 1. The number of aromatic nitrogens is 1. The molecule has 3 rings (SSSR count). The van der Waals surface area contributed by atoms with Crippen LogP contribution in [0.5, 0.6) is 0 Å². The molecular weight excluding hydrogens is 250 g/mol. The van der Waals surface area contributed by atoms with Crippen LogP contribution in [0, 0.1) is 5.92 Å². The third kappa shape index (κ3) is 2.43. The zero-order valence-electron chi connectivity index (χ0n) is 12.5. The van der Waals surface area contributed by atoms with Crippen LogP contribution in [-0.2, 0) is 6.54 Å². The van der Waals surface area contributed by atoms with E-state index < -0.39 is 0 Å². The minimum Gasteiger partial charge on any atom is -0.348 e. The molecule has 1 atom stereocenters. The molecule has 4 nitrogen and oxygen atoms in total. The lowest BCUT2D eigenvalue weighted by Gasteiger charge is -2.39. The maximum Gasteiger partial charge on any atom is 0.318 e. The first kappa shape index (κ1) is 13.5. The number of hydrogen-bond acceptors (Lipinski definition) is 1. The Morgan fingerprint density at radius 1 is 1.30 bits per heavy atom. The number of carbonyl (C=O) groups is 1. The molecule has 4 heteroatoms. The number of rotatable bonds is 2. The Labute approximate surface area is 121 Å². The number of hydrogen-bond donors (Lipinski definition) is 1. The summed E-state index contributed by atoms with van der Waals surface area (Å²) in [5.41, 5.74) is 1.27. The monoisotopic (exact) mass is 275 g/mol. The first-order chi connectivity index (χ1) is 9.66. The SMILES string of the molecule is CC(C)C1c2cccn2CCN1C(=O)NC1CCCC1. The molecule has 110 valence electrons. The van der Waals surface area contributed by atoms with Crippen LogP contribution >= 0.6 is 0 Å². The summed E-state index contributed by atoms with van der Waals surface area (Å²) in [6.45, 7) is 6.11. The van der Waals surface area contributed by atoms with Gasteiger partial charge in [-0.15, -0.1) is 0 Å².